The predicted octanol–water partition coefficient (Wildman–Crippen LogP) is 3.47. The van der Waals surface area contributed by atoms with Crippen molar-refractivity contribution in [1.29, 1.82) is 5.26 Å². The van der Waals surface area contributed by atoms with Gasteiger partial charge in [-0.25, -0.2) is 0 Å². The number of nitriles is 1. The third-order valence-corrected chi connectivity index (χ3v) is 6.49. The molecule has 0 bridgehead atoms. The fourth-order valence-electron chi connectivity index (χ4n) is 4.36. The number of carbonyl (C=O) groups is 2. The summed E-state index contributed by atoms with van der Waals surface area (Å²) < 4.78 is 39.0. The van der Waals surface area contributed by atoms with Crippen molar-refractivity contribution in [1.82, 2.24) is 10.6 Å². The molecule has 12 heteroatoms. The molecule has 4 N–H and O–H groups in total. The molecule has 0 aliphatic carbocycles. The largest absolute Gasteiger partial charge is 0.475 e. The van der Waals surface area contributed by atoms with Crippen LogP contribution < -0.4 is 15.5 Å². The van der Waals surface area contributed by atoms with E-state index in [9.17, 15) is 38.1 Å². The smallest absolute Gasteiger partial charge is 0.426 e. The molecule has 2 amide bonds. The van der Waals surface area contributed by atoms with Crippen molar-refractivity contribution in [3.63, 3.8) is 0 Å². The van der Waals surface area contributed by atoms with Crippen LogP contribution in [0.4, 0.5) is 18.9 Å². The minimum atomic E-state index is -4.57. The Morgan fingerprint density at radius 2 is 1.74 bits per heavy atom. The van der Waals surface area contributed by atoms with Crippen LogP contribution in [0.2, 0.25) is 0 Å². The van der Waals surface area contributed by atoms with E-state index in [0.717, 1.165) is 0 Å². The van der Waals surface area contributed by atoms with Crippen molar-refractivity contribution < 1.29 is 32.8 Å². The molecule has 0 saturated carbocycles. The van der Waals surface area contributed by atoms with Gasteiger partial charge in [-0.05, 0) is 61.1 Å². The monoisotopic (exact) mass is 554 g/mol. The summed E-state index contributed by atoms with van der Waals surface area (Å²) in [5.74, 6) is -2.74. The zero-order chi connectivity index (χ0) is 29.9. The highest BCUT2D eigenvalue weighted by atomic mass is 19.4. The van der Waals surface area contributed by atoms with E-state index in [4.69, 9.17) is 0 Å². The zero-order valence-electron chi connectivity index (χ0n) is 23.6. The van der Waals surface area contributed by atoms with Gasteiger partial charge in [0.25, 0.3) is 0 Å². The van der Waals surface area contributed by atoms with Crippen LogP contribution in [0.3, 0.4) is 0 Å². The first-order chi connectivity index (χ1) is 18.0. The van der Waals surface area contributed by atoms with Gasteiger partial charge in [0, 0.05) is 12.7 Å². The van der Waals surface area contributed by atoms with Gasteiger partial charge in [0.05, 0.1) is 24.6 Å². The van der Waals surface area contributed by atoms with Crippen molar-refractivity contribution in [2.45, 2.75) is 78.5 Å². The molecule has 1 aromatic rings. The second-order valence-electron chi connectivity index (χ2n) is 11.0. The van der Waals surface area contributed by atoms with Crippen LogP contribution in [0.25, 0.3) is 0 Å². The van der Waals surface area contributed by atoms with Gasteiger partial charge in [-0.15, -0.1) is 0 Å². The molecule has 2 unspecified atom stereocenters. The van der Waals surface area contributed by atoms with Gasteiger partial charge >= 0.3 is 13.3 Å². The third-order valence-electron chi connectivity index (χ3n) is 6.49. The number of carbonyl (C=O) groups excluding carboxylic acids is 2. The molecule has 8 nitrogen and oxygen atoms in total. The lowest BCUT2D eigenvalue weighted by molar-refractivity contribution is -0.132. The highest BCUT2D eigenvalue weighted by Crippen LogP contribution is 2.25. The van der Waals surface area contributed by atoms with E-state index < -0.39 is 49.6 Å². The van der Waals surface area contributed by atoms with E-state index in [1.807, 2.05) is 34.6 Å². The average Bonchev–Trinajstić information content (AvgIpc) is 2.82. The van der Waals surface area contributed by atoms with Gasteiger partial charge in [-0.3, -0.25) is 14.9 Å². The zero-order valence-corrected chi connectivity index (χ0v) is 23.6. The van der Waals surface area contributed by atoms with Crippen LogP contribution in [0.15, 0.2) is 24.3 Å². The summed E-state index contributed by atoms with van der Waals surface area (Å²) in [4.78, 5) is 27.4. The number of benzene rings is 1. The first kappa shape index (κ1) is 34.4. The molecule has 1 rings (SSSR count). The lowest BCUT2D eigenvalue weighted by Crippen LogP contribution is -2.54. The standard InChI is InChI=1S/C27H42BF3N4O4/c1-17(2)10-11-24(28(38)39)34-25(36)23(33-16-27(29,30)31)14-20-8-7-9-21(13-20)35(6)26(37)22(15-32)19(5)12-18(3)4/h7-9,13,17-19,22-24,33,38-39H,10-12,14,16H2,1-6H3,(H,34,36)/t19?,22?,23-,24-/m0/s1. The topological polar surface area (TPSA) is 126 Å². The van der Waals surface area contributed by atoms with Gasteiger partial charge in [0.15, 0.2) is 0 Å². The number of anilines is 1. The number of hydrogen-bond acceptors (Lipinski definition) is 6. The Hall–Kier alpha value is -2.62. The van der Waals surface area contributed by atoms with Crippen molar-refractivity contribution in [2.24, 2.45) is 23.7 Å². The Balaban J connectivity index is 3.14. The molecule has 4 atom stereocenters. The number of halogens is 3. The highest BCUT2D eigenvalue weighted by molar-refractivity contribution is 6.43. The highest BCUT2D eigenvalue weighted by Gasteiger charge is 2.33. The van der Waals surface area contributed by atoms with Gasteiger partial charge in [0.1, 0.15) is 5.92 Å². The summed E-state index contributed by atoms with van der Waals surface area (Å²) in [6.07, 6.45) is -3.21. The quantitative estimate of drug-likeness (QED) is 0.246. The Morgan fingerprint density at radius 3 is 2.26 bits per heavy atom. The number of rotatable bonds is 15. The van der Waals surface area contributed by atoms with Crippen LogP contribution in [0.1, 0.15) is 59.4 Å². The van der Waals surface area contributed by atoms with Crippen molar-refractivity contribution in [2.75, 3.05) is 18.5 Å². The summed E-state index contributed by atoms with van der Waals surface area (Å²) in [6.45, 7) is 8.30. The average molecular weight is 554 g/mol. The van der Waals surface area contributed by atoms with Gasteiger partial charge in [-0.1, -0.05) is 46.8 Å². The Kier molecular flexibility index (Phi) is 14.0. The molecule has 1 aromatic carbocycles. The summed E-state index contributed by atoms with van der Waals surface area (Å²) in [5, 5.41) is 33.7. The van der Waals surface area contributed by atoms with E-state index in [1.165, 1.54) is 11.9 Å². The lowest BCUT2D eigenvalue weighted by atomic mass is 9.75. The molecular weight excluding hydrogens is 512 g/mol. The van der Waals surface area contributed by atoms with Crippen molar-refractivity contribution in [3.05, 3.63) is 29.8 Å². The third kappa shape index (κ3) is 12.4. The van der Waals surface area contributed by atoms with E-state index in [0.29, 0.717) is 30.0 Å². The molecule has 0 aliphatic heterocycles. The Bertz CT molecular complexity index is 969. The Labute approximate surface area is 230 Å². The second-order valence-corrected chi connectivity index (χ2v) is 11.0. The fourth-order valence-corrected chi connectivity index (χ4v) is 4.36. The molecule has 0 saturated heterocycles. The molecule has 0 fully saturated rings. The van der Waals surface area contributed by atoms with Crippen LogP contribution >= 0.6 is 0 Å². The molecule has 218 valence electrons. The number of hydrogen-bond donors (Lipinski definition) is 4. The summed E-state index contributed by atoms with van der Waals surface area (Å²) in [6, 6.07) is 7.24. The van der Waals surface area contributed by atoms with E-state index in [1.54, 1.807) is 24.3 Å². The molecule has 0 aromatic heterocycles. The summed E-state index contributed by atoms with van der Waals surface area (Å²) in [7, 11) is -0.341. The van der Waals surface area contributed by atoms with E-state index >= 15 is 0 Å². The SMILES string of the molecule is CC(C)CC[C@H](NC(=O)[C@H](Cc1cccc(N(C)C(=O)C(C#N)C(C)CC(C)C)c1)NCC(F)(F)F)B(O)O. The van der Waals surface area contributed by atoms with Crippen LogP contribution in [-0.2, 0) is 16.0 Å². The number of nitrogens with one attached hydrogen (secondary N) is 2. The minimum Gasteiger partial charge on any atom is -0.426 e. The molecule has 0 spiro atoms. The minimum absolute atomic E-state index is 0.151. The number of nitrogens with zero attached hydrogens (tertiary/aromatic N) is 2. The maximum absolute atomic E-state index is 13.1. The summed E-state index contributed by atoms with van der Waals surface area (Å²) in [5.41, 5.74) is 0.916. The number of alkyl halides is 3. The van der Waals surface area contributed by atoms with Crippen molar-refractivity contribution in [3.8, 4) is 6.07 Å². The summed E-state index contributed by atoms with van der Waals surface area (Å²) >= 11 is 0. The molecule has 0 heterocycles. The van der Waals surface area contributed by atoms with Crippen LogP contribution in [0, 0.1) is 35.0 Å². The fraction of sp³-hybridized carbons (Fsp3) is 0.667. The first-order valence-electron chi connectivity index (χ1n) is 13.3. The second kappa shape index (κ2) is 15.8. The lowest BCUT2D eigenvalue weighted by Gasteiger charge is -2.26. The van der Waals surface area contributed by atoms with Crippen molar-refractivity contribution >= 4 is 24.6 Å². The molecular formula is C27H42BF3N4O4. The predicted molar refractivity (Wildman–Crippen MR) is 145 cm³/mol. The normalized spacial score (nSPS) is 14.9. The van der Waals surface area contributed by atoms with E-state index in [-0.39, 0.29) is 24.7 Å². The van der Waals surface area contributed by atoms with Crippen LogP contribution in [-0.4, -0.2) is 60.7 Å². The Morgan fingerprint density at radius 1 is 1.10 bits per heavy atom. The first-order valence-corrected chi connectivity index (χ1v) is 13.3. The number of amides is 2. The van der Waals surface area contributed by atoms with Gasteiger partial charge in [-0.2, -0.15) is 18.4 Å². The van der Waals surface area contributed by atoms with Crippen LogP contribution in [0.5, 0.6) is 0 Å². The molecule has 0 aliphatic rings. The molecule has 39 heavy (non-hydrogen) atoms. The maximum Gasteiger partial charge on any atom is 0.475 e. The van der Waals surface area contributed by atoms with Gasteiger partial charge < -0.3 is 20.3 Å². The van der Waals surface area contributed by atoms with Gasteiger partial charge in [0.2, 0.25) is 11.8 Å². The maximum atomic E-state index is 13.1. The van der Waals surface area contributed by atoms with E-state index in [2.05, 4.69) is 16.7 Å². The molecule has 0 radical (unpaired) electrons.